The van der Waals surface area contributed by atoms with Crippen molar-refractivity contribution in [1.29, 1.82) is 0 Å². The molecule has 0 spiro atoms. The minimum atomic E-state index is -0.492. The first-order valence-electron chi connectivity index (χ1n) is 11.8. The van der Waals surface area contributed by atoms with Crippen LogP contribution in [-0.4, -0.2) is 55.8 Å². The number of hydrogen-bond acceptors (Lipinski definition) is 5. The third-order valence-electron chi connectivity index (χ3n) is 7.61. The average molecular weight is 419 g/mol. The lowest BCUT2D eigenvalue weighted by atomic mass is 9.75. The average Bonchev–Trinajstić information content (AvgIpc) is 3.05. The number of fused-ring (bicyclic) bond motifs is 3. The van der Waals surface area contributed by atoms with Crippen LogP contribution in [0.15, 0.2) is 0 Å². The predicted octanol–water partition coefficient (Wildman–Crippen LogP) is 1.75. The Morgan fingerprint density at radius 2 is 1.77 bits per heavy atom. The molecule has 3 N–H and O–H groups in total. The smallest absolute Gasteiger partial charge is 0.289 e. The Morgan fingerprint density at radius 3 is 2.40 bits per heavy atom. The summed E-state index contributed by atoms with van der Waals surface area (Å²) in [7, 11) is 0.301. The van der Waals surface area contributed by atoms with Gasteiger partial charge in [-0.25, -0.2) is 0 Å². The lowest BCUT2D eigenvalue weighted by Crippen LogP contribution is -2.53. The summed E-state index contributed by atoms with van der Waals surface area (Å²) >= 11 is 0. The van der Waals surface area contributed by atoms with Gasteiger partial charge in [0.05, 0.1) is 12.8 Å². The molecule has 1 saturated carbocycles. The maximum atomic E-state index is 13.5. The second-order valence-corrected chi connectivity index (χ2v) is 9.93. The van der Waals surface area contributed by atoms with Crippen molar-refractivity contribution < 1.29 is 19.0 Å². The van der Waals surface area contributed by atoms with Gasteiger partial charge in [-0.15, -0.1) is 0 Å². The normalized spacial score (nSPS) is 35.2. The number of nitrogens with two attached hydrogens (primary N) is 1. The van der Waals surface area contributed by atoms with Crippen molar-refractivity contribution in [2.24, 2.45) is 23.0 Å². The number of nitrogens with zero attached hydrogens (tertiary/aromatic N) is 1. The number of rotatable bonds is 4. The van der Waals surface area contributed by atoms with Crippen LogP contribution in [0.1, 0.15) is 71.6 Å². The first-order chi connectivity index (χ1) is 14.4. The second-order valence-electron chi connectivity index (χ2n) is 9.93. The van der Waals surface area contributed by atoms with Crippen LogP contribution < -0.4 is 11.1 Å². The van der Waals surface area contributed by atoms with E-state index in [-0.39, 0.29) is 35.7 Å². The highest BCUT2D eigenvalue weighted by Gasteiger charge is 2.69. The van der Waals surface area contributed by atoms with Gasteiger partial charge < -0.3 is 25.4 Å². The molecule has 3 aliphatic rings. The van der Waals surface area contributed by atoms with Crippen molar-refractivity contribution in [1.82, 2.24) is 10.2 Å². The number of nitrogens with one attached hydrogen (secondary N) is 1. The molecule has 3 rings (SSSR count). The van der Waals surface area contributed by atoms with Crippen LogP contribution >= 0.6 is 0 Å². The van der Waals surface area contributed by atoms with Gasteiger partial charge in [0.15, 0.2) is 0 Å². The van der Waals surface area contributed by atoms with E-state index in [1.54, 1.807) is 4.90 Å². The Bertz CT molecular complexity index is 630. The monoisotopic (exact) mass is 419 g/mol. The summed E-state index contributed by atoms with van der Waals surface area (Å²) in [4.78, 5) is 40.0. The third-order valence-corrected chi connectivity index (χ3v) is 7.61. The van der Waals surface area contributed by atoms with Gasteiger partial charge in [0.2, 0.25) is 11.8 Å². The van der Waals surface area contributed by atoms with E-state index in [9.17, 15) is 14.4 Å². The van der Waals surface area contributed by atoms with E-state index in [4.69, 9.17) is 10.4 Å². The Kier molecular flexibility index (Phi) is 7.96. The number of hydrogen-bond donors (Lipinski definition) is 2. The van der Waals surface area contributed by atoms with Crippen LogP contribution in [0, 0.1) is 17.3 Å². The molecule has 0 bridgehead atoms. The molecule has 1 aliphatic carbocycles. The molecular formula is C22H38BN3O4. The molecule has 2 aliphatic heterocycles. The van der Waals surface area contributed by atoms with Crippen molar-refractivity contribution in [3.8, 4) is 0 Å². The molecule has 0 aromatic carbocycles. The molecule has 2 heterocycles. The van der Waals surface area contributed by atoms with Crippen LogP contribution in [0.2, 0.25) is 5.82 Å². The lowest BCUT2D eigenvalue weighted by molar-refractivity contribution is -0.141. The Balaban J connectivity index is 1.79. The molecule has 8 heteroatoms. The molecule has 7 nitrogen and oxygen atoms in total. The van der Waals surface area contributed by atoms with Gasteiger partial charge in [-0.1, -0.05) is 58.8 Å². The van der Waals surface area contributed by atoms with E-state index in [1.165, 1.54) is 6.42 Å². The van der Waals surface area contributed by atoms with Crippen LogP contribution in [0.5, 0.6) is 0 Å². The van der Waals surface area contributed by atoms with Gasteiger partial charge in [0, 0.05) is 12.4 Å². The lowest BCUT2D eigenvalue weighted by Gasteiger charge is -2.33. The fourth-order valence-corrected chi connectivity index (χ4v) is 5.62. The highest BCUT2D eigenvalue weighted by atomic mass is 16.4. The summed E-state index contributed by atoms with van der Waals surface area (Å²) in [5.41, 5.74) is 5.57. The SMILES string of the molecule is CC1(C)[C@@H]2[C@H]3C(=O)N[C@H](C=O)CCCCCCCCC[C@H](BOCN)C(=O)N3C[C@@H]21. The van der Waals surface area contributed by atoms with E-state index in [0.29, 0.717) is 26.4 Å². The molecule has 2 amide bonds. The molecule has 2 saturated heterocycles. The largest absolute Gasteiger partial charge is 0.427 e. The molecular weight excluding hydrogens is 381 g/mol. The fourth-order valence-electron chi connectivity index (χ4n) is 5.62. The van der Waals surface area contributed by atoms with Crippen molar-refractivity contribution in [3.05, 3.63) is 0 Å². The Morgan fingerprint density at radius 1 is 1.13 bits per heavy atom. The van der Waals surface area contributed by atoms with Crippen LogP contribution in [0.4, 0.5) is 0 Å². The number of amides is 2. The number of aldehydes is 1. The predicted molar refractivity (Wildman–Crippen MR) is 117 cm³/mol. The fraction of sp³-hybridized carbons (Fsp3) is 0.864. The molecule has 0 radical (unpaired) electrons. The van der Waals surface area contributed by atoms with Crippen LogP contribution in [-0.2, 0) is 19.0 Å². The summed E-state index contributed by atoms with van der Waals surface area (Å²) < 4.78 is 5.42. The van der Waals surface area contributed by atoms with Gasteiger partial charge in [-0.2, -0.15) is 0 Å². The summed E-state index contributed by atoms with van der Waals surface area (Å²) in [6.07, 6.45) is 9.86. The highest BCUT2D eigenvalue weighted by molar-refractivity contribution is 6.37. The Labute approximate surface area is 181 Å². The first-order valence-corrected chi connectivity index (χ1v) is 11.8. The van der Waals surface area contributed by atoms with Gasteiger partial charge in [-0.3, -0.25) is 9.59 Å². The van der Waals surface area contributed by atoms with E-state index in [1.807, 2.05) is 0 Å². The number of carbonyl (C=O) groups excluding carboxylic acids is 3. The van der Waals surface area contributed by atoms with E-state index < -0.39 is 12.1 Å². The molecule has 0 aromatic heterocycles. The molecule has 0 aromatic rings. The first kappa shape index (κ1) is 23.3. The number of carbonyl (C=O) groups is 3. The maximum Gasteiger partial charge on any atom is 0.289 e. The van der Waals surface area contributed by atoms with Gasteiger partial charge in [0.1, 0.15) is 12.3 Å². The van der Waals surface area contributed by atoms with Gasteiger partial charge in [-0.05, 0) is 30.1 Å². The molecule has 5 atom stereocenters. The molecule has 0 unspecified atom stereocenters. The van der Waals surface area contributed by atoms with Crippen molar-refractivity contribution in [3.63, 3.8) is 0 Å². The summed E-state index contributed by atoms with van der Waals surface area (Å²) in [6, 6.07) is -0.965. The summed E-state index contributed by atoms with van der Waals surface area (Å²) in [5, 5.41) is 2.94. The van der Waals surface area contributed by atoms with Crippen LogP contribution in [0.25, 0.3) is 0 Å². The van der Waals surface area contributed by atoms with Crippen molar-refractivity contribution in [2.75, 3.05) is 13.3 Å². The second kappa shape index (κ2) is 10.3. The van der Waals surface area contributed by atoms with Crippen LogP contribution in [0.3, 0.4) is 0 Å². The minimum absolute atomic E-state index is 0.00125. The zero-order valence-corrected chi connectivity index (χ0v) is 18.6. The molecule has 30 heavy (non-hydrogen) atoms. The van der Waals surface area contributed by atoms with Crippen molar-refractivity contribution in [2.45, 2.75) is 89.5 Å². The topological polar surface area (TPSA) is 102 Å². The Hall–Kier alpha value is -1.41. The van der Waals surface area contributed by atoms with Crippen molar-refractivity contribution >= 4 is 25.6 Å². The highest BCUT2D eigenvalue weighted by Crippen LogP contribution is 2.65. The van der Waals surface area contributed by atoms with E-state index in [0.717, 1.165) is 51.2 Å². The molecule has 168 valence electrons. The molecule has 3 fully saturated rings. The zero-order chi connectivity index (χ0) is 21.7. The van der Waals surface area contributed by atoms with E-state index in [2.05, 4.69) is 19.2 Å². The van der Waals surface area contributed by atoms with Gasteiger partial charge in [0.25, 0.3) is 7.48 Å². The summed E-state index contributed by atoms with van der Waals surface area (Å²) in [5.74, 6) is 0.0541. The zero-order valence-electron chi connectivity index (χ0n) is 18.6. The van der Waals surface area contributed by atoms with E-state index >= 15 is 0 Å². The summed E-state index contributed by atoms with van der Waals surface area (Å²) in [6.45, 7) is 5.04. The third kappa shape index (κ3) is 5.07. The number of piperidine rings is 1. The maximum absolute atomic E-state index is 13.5. The minimum Gasteiger partial charge on any atom is -0.427 e. The standard InChI is InChI=1S/C22H38BN3O4/c1-22(2)16-12-26-19(18(16)22)20(28)25-15(13-27)10-8-6-4-3-5-7-9-11-17(21(26)29)23-30-14-24/h13,15-19,23H,3-12,14,24H2,1-2H3,(H,25,28)/t15-,16-,17-,18-,19-/m0/s1. The van der Waals surface area contributed by atoms with Gasteiger partial charge >= 0.3 is 0 Å². The quantitative estimate of drug-likeness (QED) is 0.411.